The van der Waals surface area contributed by atoms with Crippen LogP contribution in [0.4, 0.5) is 11.4 Å². The second-order valence-corrected chi connectivity index (χ2v) is 5.85. The summed E-state index contributed by atoms with van der Waals surface area (Å²) in [7, 11) is 3.51. The van der Waals surface area contributed by atoms with E-state index in [0.29, 0.717) is 18.0 Å². The summed E-state index contributed by atoms with van der Waals surface area (Å²) in [6.45, 7) is 4.08. The molecule has 22 heavy (non-hydrogen) atoms. The van der Waals surface area contributed by atoms with Crippen LogP contribution in [0.2, 0.25) is 0 Å². The molecule has 0 heterocycles. The zero-order valence-electron chi connectivity index (χ0n) is 13.4. The van der Waals surface area contributed by atoms with Crippen molar-refractivity contribution in [1.29, 1.82) is 0 Å². The lowest BCUT2D eigenvalue weighted by Crippen LogP contribution is -2.33. The van der Waals surface area contributed by atoms with Crippen LogP contribution in [0, 0.1) is 16.0 Å². The van der Waals surface area contributed by atoms with Gasteiger partial charge < -0.3 is 15.3 Å². The van der Waals surface area contributed by atoms with Crippen molar-refractivity contribution in [3.05, 3.63) is 33.9 Å². The topological polar surface area (TPSA) is 95.7 Å². The molecule has 0 saturated heterocycles. The molecule has 0 aromatic heterocycles. The van der Waals surface area contributed by atoms with Gasteiger partial charge in [-0.3, -0.25) is 14.9 Å². The predicted molar refractivity (Wildman–Crippen MR) is 85.2 cm³/mol. The van der Waals surface area contributed by atoms with Crippen molar-refractivity contribution in [1.82, 2.24) is 5.32 Å². The number of rotatable bonds is 7. The molecule has 1 unspecified atom stereocenters. The molecule has 7 heteroatoms. The smallest absolute Gasteiger partial charge is 0.270 e. The van der Waals surface area contributed by atoms with E-state index in [9.17, 15) is 20.0 Å². The van der Waals surface area contributed by atoms with Gasteiger partial charge in [0.1, 0.15) is 0 Å². The number of nitro groups is 1. The van der Waals surface area contributed by atoms with Crippen LogP contribution in [0.5, 0.6) is 0 Å². The Morgan fingerprint density at radius 3 is 2.55 bits per heavy atom. The number of hydrogen-bond donors (Lipinski definition) is 2. The molecule has 0 fully saturated rings. The van der Waals surface area contributed by atoms with Crippen molar-refractivity contribution in [2.24, 2.45) is 5.92 Å². The van der Waals surface area contributed by atoms with Gasteiger partial charge in [0, 0.05) is 38.5 Å². The number of nitro benzene ring substituents is 1. The average Bonchev–Trinajstić information content (AvgIpc) is 2.43. The van der Waals surface area contributed by atoms with Crippen molar-refractivity contribution < 1.29 is 14.8 Å². The number of aliphatic hydroxyl groups is 1. The fraction of sp³-hybridized carbons (Fsp3) is 0.533. The van der Waals surface area contributed by atoms with Crippen molar-refractivity contribution in [3.8, 4) is 0 Å². The Hall–Kier alpha value is -2.15. The van der Waals surface area contributed by atoms with Crippen molar-refractivity contribution in [2.45, 2.75) is 26.4 Å². The summed E-state index contributed by atoms with van der Waals surface area (Å²) in [6, 6.07) is 4.15. The molecule has 1 rings (SSSR count). The van der Waals surface area contributed by atoms with Gasteiger partial charge >= 0.3 is 0 Å². The van der Waals surface area contributed by atoms with Gasteiger partial charge in [0.15, 0.2) is 0 Å². The molecule has 1 aromatic rings. The molecule has 0 bridgehead atoms. The minimum Gasteiger partial charge on any atom is -0.391 e. The molecule has 122 valence electrons. The molecule has 1 atom stereocenters. The van der Waals surface area contributed by atoms with Gasteiger partial charge in [0.2, 0.25) is 0 Å². The first-order valence-electron chi connectivity index (χ1n) is 7.14. The largest absolute Gasteiger partial charge is 0.391 e. The molecule has 0 radical (unpaired) electrons. The number of hydrogen-bond acceptors (Lipinski definition) is 5. The Kier molecular flexibility index (Phi) is 6.30. The molecule has 2 N–H and O–H groups in total. The zero-order chi connectivity index (χ0) is 16.9. The monoisotopic (exact) mass is 309 g/mol. The van der Waals surface area contributed by atoms with Crippen LogP contribution < -0.4 is 10.2 Å². The number of aliphatic hydroxyl groups excluding tert-OH is 1. The number of nitrogens with one attached hydrogen (secondary N) is 1. The second-order valence-electron chi connectivity index (χ2n) is 5.85. The van der Waals surface area contributed by atoms with Gasteiger partial charge in [0.25, 0.3) is 11.6 Å². The fourth-order valence-corrected chi connectivity index (χ4v) is 2.14. The van der Waals surface area contributed by atoms with Gasteiger partial charge in [-0.2, -0.15) is 0 Å². The number of carbonyl (C=O) groups excluding carboxylic acids is 1. The Morgan fingerprint density at radius 2 is 2.05 bits per heavy atom. The van der Waals surface area contributed by atoms with E-state index >= 15 is 0 Å². The minimum atomic E-state index is -0.634. The Morgan fingerprint density at radius 1 is 1.41 bits per heavy atom. The summed E-state index contributed by atoms with van der Waals surface area (Å²) in [6.07, 6.45) is -0.0547. The molecule has 0 aliphatic heterocycles. The summed E-state index contributed by atoms with van der Waals surface area (Å²) < 4.78 is 0. The van der Waals surface area contributed by atoms with E-state index in [4.69, 9.17) is 0 Å². The van der Waals surface area contributed by atoms with E-state index < -0.39 is 16.9 Å². The van der Waals surface area contributed by atoms with Gasteiger partial charge in [-0.05, 0) is 18.4 Å². The van der Waals surface area contributed by atoms with E-state index in [2.05, 4.69) is 5.32 Å². The van der Waals surface area contributed by atoms with Gasteiger partial charge in [-0.25, -0.2) is 0 Å². The first-order valence-corrected chi connectivity index (χ1v) is 7.14. The summed E-state index contributed by atoms with van der Waals surface area (Å²) in [5, 5.41) is 23.3. The molecular weight excluding hydrogens is 286 g/mol. The lowest BCUT2D eigenvalue weighted by Gasteiger charge is -2.18. The van der Waals surface area contributed by atoms with Crippen molar-refractivity contribution >= 4 is 17.3 Å². The molecule has 1 amide bonds. The summed E-state index contributed by atoms with van der Waals surface area (Å²) in [5.74, 6) is -0.114. The molecular formula is C15H23N3O4. The second kappa shape index (κ2) is 7.74. The van der Waals surface area contributed by atoms with Crippen LogP contribution in [0.25, 0.3) is 0 Å². The van der Waals surface area contributed by atoms with Crippen LogP contribution in [-0.2, 0) is 0 Å². The van der Waals surface area contributed by atoms with E-state index in [-0.39, 0.29) is 17.8 Å². The third kappa shape index (κ3) is 5.00. The molecule has 0 aliphatic carbocycles. The van der Waals surface area contributed by atoms with Crippen LogP contribution in [0.3, 0.4) is 0 Å². The zero-order valence-corrected chi connectivity index (χ0v) is 13.4. The van der Waals surface area contributed by atoms with Crippen molar-refractivity contribution in [2.75, 3.05) is 25.5 Å². The lowest BCUT2D eigenvalue weighted by atomic mass is 10.1. The lowest BCUT2D eigenvalue weighted by molar-refractivity contribution is -0.384. The van der Waals surface area contributed by atoms with Crippen LogP contribution in [-0.4, -0.2) is 42.7 Å². The van der Waals surface area contributed by atoms with E-state index in [1.165, 1.54) is 18.2 Å². The predicted octanol–water partition coefficient (Wildman–Crippen LogP) is 1.80. The number of benzene rings is 1. The van der Waals surface area contributed by atoms with E-state index in [0.717, 1.165) is 0 Å². The van der Waals surface area contributed by atoms with Gasteiger partial charge in [-0.1, -0.05) is 13.8 Å². The summed E-state index contributed by atoms with van der Waals surface area (Å²) in [4.78, 5) is 24.3. The number of non-ortho nitro benzene ring substituents is 1. The number of anilines is 1. The first-order chi connectivity index (χ1) is 10.2. The molecule has 0 spiro atoms. The molecule has 0 saturated carbocycles. The van der Waals surface area contributed by atoms with Crippen LogP contribution in [0.1, 0.15) is 30.6 Å². The van der Waals surface area contributed by atoms with E-state index in [1.54, 1.807) is 19.0 Å². The standard InChI is InChI=1S/C15H23N3O4/c1-10(2)7-12(19)9-16-15(20)13-8-11(18(21)22)5-6-14(13)17(3)4/h5-6,8,10,12,19H,7,9H2,1-4H3,(H,16,20). The number of nitrogens with zero attached hydrogens (tertiary/aromatic N) is 2. The van der Waals surface area contributed by atoms with E-state index in [1.807, 2.05) is 13.8 Å². The number of carbonyl (C=O) groups is 1. The third-order valence-corrected chi connectivity index (χ3v) is 3.16. The quantitative estimate of drug-likeness (QED) is 0.591. The van der Waals surface area contributed by atoms with Crippen LogP contribution >= 0.6 is 0 Å². The summed E-state index contributed by atoms with van der Waals surface area (Å²) in [5.41, 5.74) is 0.663. The highest BCUT2D eigenvalue weighted by Gasteiger charge is 2.18. The SMILES string of the molecule is CC(C)CC(O)CNC(=O)c1cc([N+](=O)[O-])ccc1N(C)C. The maximum absolute atomic E-state index is 12.3. The van der Waals surface area contributed by atoms with Gasteiger partial charge in [0.05, 0.1) is 16.6 Å². The highest BCUT2D eigenvalue weighted by atomic mass is 16.6. The molecule has 7 nitrogen and oxygen atoms in total. The molecule has 1 aromatic carbocycles. The maximum atomic E-state index is 12.3. The maximum Gasteiger partial charge on any atom is 0.270 e. The Balaban J connectivity index is 2.90. The Bertz CT molecular complexity index is 544. The third-order valence-electron chi connectivity index (χ3n) is 3.16. The van der Waals surface area contributed by atoms with Crippen LogP contribution in [0.15, 0.2) is 18.2 Å². The average molecular weight is 309 g/mol. The fourth-order valence-electron chi connectivity index (χ4n) is 2.14. The normalized spacial score (nSPS) is 12.1. The molecule has 0 aliphatic rings. The highest BCUT2D eigenvalue weighted by molar-refractivity contribution is 6.00. The first kappa shape index (κ1) is 17.9. The van der Waals surface area contributed by atoms with Crippen molar-refractivity contribution in [3.63, 3.8) is 0 Å². The highest BCUT2D eigenvalue weighted by Crippen LogP contribution is 2.24. The Labute approximate surface area is 130 Å². The van der Waals surface area contributed by atoms with Gasteiger partial charge in [-0.15, -0.1) is 0 Å². The minimum absolute atomic E-state index is 0.118. The summed E-state index contributed by atoms with van der Waals surface area (Å²) >= 11 is 0. The number of amides is 1.